The molecule has 1 aliphatic carbocycles. The van der Waals surface area contributed by atoms with Crippen molar-refractivity contribution in [1.82, 2.24) is 14.9 Å². The molecule has 0 aliphatic heterocycles. The molecule has 0 radical (unpaired) electrons. The first-order valence-electron chi connectivity index (χ1n) is 6.19. The lowest BCUT2D eigenvalue weighted by molar-refractivity contribution is 0.126. The quantitative estimate of drug-likeness (QED) is 0.641. The first-order chi connectivity index (χ1) is 7.95. The summed E-state index contributed by atoms with van der Waals surface area (Å²) in [7, 11) is 0. The van der Waals surface area contributed by atoms with Gasteiger partial charge >= 0.3 is 0 Å². The van der Waals surface area contributed by atoms with E-state index >= 15 is 0 Å². The maximum absolute atomic E-state index is 5.53. The fourth-order valence-corrected chi connectivity index (χ4v) is 1.61. The van der Waals surface area contributed by atoms with Crippen LogP contribution in [0.5, 0.6) is 0 Å². The number of hydrogen-bond acceptors (Lipinski definition) is 3. The lowest BCUT2D eigenvalue weighted by Crippen LogP contribution is -2.22. The Morgan fingerprint density at radius 1 is 1.38 bits per heavy atom. The third-order valence-corrected chi connectivity index (χ3v) is 2.80. The molecular weight excluding hydrogens is 202 g/mol. The molecule has 0 atom stereocenters. The van der Waals surface area contributed by atoms with Crippen LogP contribution in [-0.2, 0) is 11.3 Å². The molecule has 1 fully saturated rings. The summed E-state index contributed by atoms with van der Waals surface area (Å²) >= 11 is 0. The van der Waals surface area contributed by atoms with E-state index in [-0.39, 0.29) is 0 Å². The molecule has 1 N–H and O–H groups in total. The summed E-state index contributed by atoms with van der Waals surface area (Å²) in [6.45, 7) is 4.87. The Morgan fingerprint density at radius 2 is 2.31 bits per heavy atom. The summed E-state index contributed by atoms with van der Waals surface area (Å²) in [6, 6.07) is 0. The predicted octanol–water partition coefficient (Wildman–Crippen LogP) is 1.29. The molecule has 16 heavy (non-hydrogen) atoms. The Hall–Kier alpha value is -0.870. The highest BCUT2D eigenvalue weighted by molar-refractivity contribution is 4.74. The van der Waals surface area contributed by atoms with Crippen molar-refractivity contribution >= 4 is 0 Å². The Kier molecular flexibility index (Phi) is 4.83. The van der Waals surface area contributed by atoms with E-state index in [1.54, 1.807) is 0 Å². The number of aromatic nitrogens is 2. The molecule has 4 heteroatoms. The minimum absolute atomic E-state index is 0.849. The normalized spacial score (nSPS) is 15.5. The molecule has 0 aromatic carbocycles. The van der Waals surface area contributed by atoms with Gasteiger partial charge in [-0.05, 0) is 31.7 Å². The van der Waals surface area contributed by atoms with Crippen LogP contribution in [0.3, 0.4) is 0 Å². The van der Waals surface area contributed by atoms with Gasteiger partial charge in [-0.1, -0.05) is 0 Å². The van der Waals surface area contributed by atoms with Crippen molar-refractivity contribution in [2.75, 3.05) is 26.3 Å². The number of ether oxygens (including phenoxy) is 1. The fourth-order valence-electron chi connectivity index (χ4n) is 1.61. The first kappa shape index (κ1) is 11.6. The van der Waals surface area contributed by atoms with Crippen LogP contribution in [0.4, 0.5) is 0 Å². The summed E-state index contributed by atoms with van der Waals surface area (Å²) in [5.74, 6) is 0.876. The van der Waals surface area contributed by atoms with Crippen LogP contribution < -0.4 is 5.32 Å². The molecule has 0 saturated heterocycles. The molecule has 4 nitrogen and oxygen atoms in total. The van der Waals surface area contributed by atoms with Crippen molar-refractivity contribution < 1.29 is 4.74 Å². The number of hydrogen-bond donors (Lipinski definition) is 1. The molecule has 1 heterocycles. The van der Waals surface area contributed by atoms with Crippen LogP contribution >= 0.6 is 0 Å². The van der Waals surface area contributed by atoms with E-state index in [1.807, 2.05) is 18.7 Å². The summed E-state index contributed by atoms with van der Waals surface area (Å²) in [6.07, 6.45) is 9.56. The van der Waals surface area contributed by atoms with E-state index in [2.05, 4.69) is 14.9 Å². The maximum atomic E-state index is 5.53. The summed E-state index contributed by atoms with van der Waals surface area (Å²) in [5, 5.41) is 3.38. The van der Waals surface area contributed by atoms with Gasteiger partial charge in [0.2, 0.25) is 0 Å². The van der Waals surface area contributed by atoms with Crippen molar-refractivity contribution in [3.63, 3.8) is 0 Å². The number of rotatable bonds is 9. The highest BCUT2D eigenvalue weighted by Crippen LogP contribution is 2.28. The molecule has 1 aromatic heterocycles. The molecule has 2 rings (SSSR count). The Morgan fingerprint density at radius 3 is 3.06 bits per heavy atom. The largest absolute Gasteiger partial charge is 0.380 e. The monoisotopic (exact) mass is 223 g/mol. The molecule has 1 aromatic rings. The smallest absolute Gasteiger partial charge is 0.0945 e. The molecule has 0 amide bonds. The van der Waals surface area contributed by atoms with Gasteiger partial charge in [0.05, 0.1) is 12.9 Å². The van der Waals surface area contributed by atoms with Gasteiger partial charge in [0.25, 0.3) is 0 Å². The lowest BCUT2D eigenvalue weighted by atomic mass is 10.4. The van der Waals surface area contributed by atoms with Crippen molar-refractivity contribution in [2.45, 2.75) is 25.8 Å². The number of aryl methyl sites for hydroxylation is 1. The van der Waals surface area contributed by atoms with Gasteiger partial charge in [0.1, 0.15) is 0 Å². The zero-order chi connectivity index (χ0) is 11.1. The van der Waals surface area contributed by atoms with Gasteiger partial charge in [0.15, 0.2) is 0 Å². The van der Waals surface area contributed by atoms with Crippen LogP contribution in [0, 0.1) is 5.92 Å². The van der Waals surface area contributed by atoms with E-state index in [0.29, 0.717) is 0 Å². The standard InChI is InChI=1S/C12H21N3O/c1(7-15-8-5-14-11-15)4-13-6-9-16-10-12-2-3-12/h5,8,11-13H,1-4,6-7,9-10H2. The SMILES string of the molecule is c1cn(CCCNCCOCC2CC2)cn1. The molecule has 0 unspecified atom stereocenters. The number of nitrogens with one attached hydrogen (secondary N) is 1. The third kappa shape index (κ3) is 4.77. The van der Waals surface area contributed by atoms with Gasteiger partial charge < -0.3 is 14.6 Å². The molecule has 0 spiro atoms. The summed E-state index contributed by atoms with van der Waals surface area (Å²) in [5.41, 5.74) is 0. The minimum atomic E-state index is 0.849. The van der Waals surface area contributed by atoms with Crippen LogP contribution in [0.1, 0.15) is 19.3 Å². The van der Waals surface area contributed by atoms with Crippen LogP contribution in [0.25, 0.3) is 0 Å². The van der Waals surface area contributed by atoms with Crippen LogP contribution in [0.15, 0.2) is 18.7 Å². The van der Waals surface area contributed by atoms with Gasteiger partial charge in [-0.2, -0.15) is 0 Å². The second-order valence-corrected chi connectivity index (χ2v) is 4.42. The van der Waals surface area contributed by atoms with E-state index in [0.717, 1.165) is 45.2 Å². The van der Waals surface area contributed by atoms with E-state index in [1.165, 1.54) is 12.8 Å². The van der Waals surface area contributed by atoms with Crippen molar-refractivity contribution in [3.05, 3.63) is 18.7 Å². The molecular formula is C12H21N3O. The third-order valence-electron chi connectivity index (χ3n) is 2.80. The lowest BCUT2D eigenvalue weighted by Gasteiger charge is -2.06. The van der Waals surface area contributed by atoms with Crippen LogP contribution in [0.2, 0.25) is 0 Å². The average molecular weight is 223 g/mol. The van der Waals surface area contributed by atoms with Gasteiger partial charge in [-0.15, -0.1) is 0 Å². The predicted molar refractivity (Wildman–Crippen MR) is 63.3 cm³/mol. The maximum Gasteiger partial charge on any atom is 0.0945 e. The van der Waals surface area contributed by atoms with E-state index < -0.39 is 0 Å². The van der Waals surface area contributed by atoms with Crippen molar-refractivity contribution in [2.24, 2.45) is 5.92 Å². The van der Waals surface area contributed by atoms with Gasteiger partial charge in [-0.3, -0.25) is 0 Å². The van der Waals surface area contributed by atoms with E-state index in [9.17, 15) is 0 Å². The van der Waals surface area contributed by atoms with Crippen molar-refractivity contribution in [1.29, 1.82) is 0 Å². The molecule has 1 aliphatic rings. The number of imidazole rings is 1. The Labute approximate surface area is 97.0 Å². The summed E-state index contributed by atoms with van der Waals surface area (Å²) in [4.78, 5) is 4.01. The van der Waals surface area contributed by atoms with Crippen molar-refractivity contribution in [3.8, 4) is 0 Å². The summed E-state index contributed by atoms with van der Waals surface area (Å²) < 4.78 is 7.63. The topological polar surface area (TPSA) is 39.1 Å². The van der Waals surface area contributed by atoms with Crippen LogP contribution in [-0.4, -0.2) is 35.9 Å². The second-order valence-electron chi connectivity index (χ2n) is 4.42. The minimum Gasteiger partial charge on any atom is -0.380 e. The molecule has 90 valence electrons. The molecule has 1 saturated carbocycles. The highest BCUT2D eigenvalue weighted by atomic mass is 16.5. The number of nitrogens with zero attached hydrogens (tertiary/aromatic N) is 2. The highest BCUT2D eigenvalue weighted by Gasteiger charge is 2.20. The molecule has 0 bridgehead atoms. The average Bonchev–Trinajstić information content (AvgIpc) is 2.97. The fraction of sp³-hybridized carbons (Fsp3) is 0.750. The first-order valence-corrected chi connectivity index (χ1v) is 6.19. The van der Waals surface area contributed by atoms with Gasteiger partial charge in [-0.25, -0.2) is 4.98 Å². The zero-order valence-corrected chi connectivity index (χ0v) is 9.77. The zero-order valence-electron chi connectivity index (χ0n) is 9.77. The second kappa shape index (κ2) is 6.66. The Bertz CT molecular complexity index is 270. The van der Waals surface area contributed by atoms with Gasteiger partial charge in [0, 0.05) is 32.1 Å². The van der Waals surface area contributed by atoms with E-state index in [4.69, 9.17) is 4.74 Å². The Balaban J connectivity index is 1.34.